The number of aliphatic imine (C=N–C) groups is 1. The van der Waals surface area contributed by atoms with Gasteiger partial charge in [-0.3, -0.25) is 4.99 Å². The first-order valence-corrected chi connectivity index (χ1v) is 8.19. The molecule has 1 heterocycles. The van der Waals surface area contributed by atoms with Gasteiger partial charge in [0, 0.05) is 16.8 Å². The molecular formula is C20H13ClN2O3. The lowest BCUT2D eigenvalue weighted by Crippen LogP contribution is -1.83. The van der Waals surface area contributed by atoms with Crippen LogP contribution in [0.1, 0.15) is 5.56 Å². The number of fused-ring (bicyclic) bond motifs is 1. The molecule has 3 aromatic carbocycles. The molecule has 0 unspecified atom stereocenters. The quantitative estimate of drug-likeness (QED) is 0.483. The number of aromatic hydroxyl groups is 2. The Morgan fingerprint density at radius 2 is 1.77 bits per heavy atom. The predicted molar refractivity (Wildman–Crippen MR) is 101 cm³/mol. The van der Waals surface area contributed by atoms with E-state index in [-0.39, 0.29) is 11.5 Å². The number of benzene rings is 3. The molecular weight excluding hydrogens is 352 g/mol. The Labute approximate surface area is 153 Å². The van der Waals surface area contributed by atoms with Gasteiger partial charge in [-0.15, -0.1) is 0 Å². The molecule has 0 amide bonds. The molecule has 0 saturated carbocycles. The molecule has 26 heavy (non-hydrogen) atoms. The molecule has 6 heteroatoms. The van der Waals surface area contributed by atoms with E-state index in [0.29, 0.717) is 38.8 Å². The summed E-state index contributed by atoms with van der Waals surface area (Å²) in [4.78, 5) is 8.73. The molecule has 1 aromatic heterocycles. The largest absolute Gasteiger partial charge is 0.507 e. The first-order valence-electron chi connectivity index (χ1n) is 7.82. The zero-order valence-electron chi connectivity index (χ0n) is 13.4. The molecule has 0 atom stereocenters. The number of phenols is 2. The number of hydrogen-bond acceptors (Lipinski definition) is 5. The molecule has 4 rings (SSSR count). The molecule has 0 aliphatic carbocycles. The van der Waals surface area contributed by atoms with Crippen molar-refractivity contribution in [1.29, 1.82) is 0 Å². The minimum Gasteiger partial charge on any atom is -0.507 e. The van der Waals surface area contributed by atoms with E-state index in [1.54, 1.807) is 24.3 Å². The maximum Gasteiger partial charge on any atom is 0.231 e. The molecule has 0 radical (unpaired) electrons. The standard InChI is InChI=1S/C20H13ClN2O3/c21-13-5-7-17(24)12(9-13)11-22-14-6-8-18(25)15(10-14)20-23-16-3-1-2-4-19(16)26-20/h1-11,24-25H. The van der Waals surface area contributed by atoms with E-state index < -0.39 is 0 Å². The number of rotatable bonds is 3. The summed E-state index contributed by atoms with van der Waals surface area (Å²) in [6.45, 7) is 0. The number of phenolic OH excluding ortho intramolecular Hbond substituents is 2. The lowest BCUT2D eigenvalue weighted by atomic mass is 10.1. The fourth-order valence-electron chi connectivity index (χ4n) is 2.54. The van der Waals surface area contributed by atoms with Crippen LogP contribution in [0.15, 0.2) is 70.1 Å². The van der Waals surface area contributed by atoms with Gasteiger partial charge in [0.2, 0.25) is 5.89 Å². The van der Waals surface area contributed by atoms with Crippen molar-refractivity contribution in [3.8, 4) is 23.0 Å². The van der Waals surface area contributed by atoms with E-state index in [4.69, 9.17) is 16.0 Å². The van der Waals surface area contributed by atoms with Gasteiger partial charge in [0.05, 0.1) is 11.3 Å². The number of nitrogens with zero attached hydrogens (tertiary/aromatic N) is 2. The third-order valence-corrected chi connectivity index (χ3v) is 4.08. The van der Waals surface area contributed by atoms with Crippen LogP contribution in [0.5, 0.6) is 11.5 Å². The van der Waals surface area contributed by atoms with E-state index in [2.05, 4.69) is 9.98 Å². The summed E-state index contributed by atoms with van der Waals surface area (Å²) in [6.07, 6.45) is 1.50. The van der Waals surface area contributed by atoms with Crippen LogP contribution >= 0.6 is 11.6 Å². The molecule has 0 fully saturated rings. The first-order chi connectivity index (χ1) is 12.6. The second-order valence-corrected chi connectivity index (χ2v) is 6.09. The van der Waals surface area contributed by atoms with Crippen molar-refractivity contribution in [2.45, 2.75) is 0 Å². The second-order valence-electron chi connectivity index (χ2n) is 5.65. The van der Waals surface area contributed by atoms with E-state index in [1.807, 2.05) is 24.3 Å². The molecule has 128 valence electrons. The number of oxazole rings is 1. The fourth-order valence-corrected chi connectivity index (χ4v) is 2.72. The number of para-hydroxylation sites is 2. The van der Waals surface area contributed by atoms with E-state index in [0.717, 1.165) is 0 Å². The van der Waals surface area contributed by atoms with Gasteiger partial charge >= 0.3 is 0 Å². The van der Waals surface area contributed by atoms with Gasteiger partial charge in [0.25, 0.3) is 0 Å². The summed E-state index contributed by atoms with van der Waals surface area (Å²) >= 11 is 5.94. The molecule has 0 bridgehead atoms. The van der Waals surface area contributed by atoms with Crippen molar-refractivity contribution in [2.24, 2.45) is 4.99 Å². The maximum absolute atomic E-state index is 10.2. The van der Waals surface area contributed by atoms with Crippen LogP contribution in [0, 0.1) is 0 Å². The average molecular weight is 365 g/mol. The highest BCUT2D eigenvalue weighted by Gasteiger charge is 2.12. The Hall–Kier alpha value is -3.31. The zero-order chi connectivity index (χ0) is 18.1. The van der Waals surface area contributed by atoms with Crippen LogP contribution in [0.25, 0.3) is 22.6 Å². The van der Waals surface area contributed by atoms with Crippen molar-refractivity contribution in [1.82, 2.24) is 4.98 Å². The molecule has 0 aliphatic rings. The normalized spacial score (nSPS) is 11.4. The highest BCUT2D eigenvalue weighted by molar-refractivity contribution is 6.30. The maximum atomic E-state index is 10.2. The number of halogens is 1. The van der Waals surface area contributed by atoms with Gasteiger partial charge in [-0.2, -0.15) is 0 Å². The Morgan fingerprint density at radius 3 is 2.62 bits per heavy atom. The molecule has 2 N–H and O–H groups in total. The average Bonchev–Trinajstić information content (AvgIpc) is 3.07. The van der Waals surface area contributed by atoms with Crippen LogP contribution in [0.3, 0.4) is 0 Å². The van der Waals surface area contributed by atoms with Crippen LogP contribution in [-0.2, 0) is 0 Å². The summed E-state index contributed by atoms with van der Waals surface area (Å²) in [6, 6.07) is 16.9. The minimum atomic E-state index is 0.0427. The third-order valence-electron chi connectivity index (χ3n) is 3.85. The zero-order valence-corrected chi connectivity index (χ0v) is 14.2. The Morgan fingerprint density at radius 1 is 0.962 bits per heavy atom. The highest BCUT2D eigenvalue weighted by atomic mass is 35.5. The highest BCUT2D eigenvalue weighted by Crippen LogP contribution is 2.34. The SMILES string of the molecule is Oc1ccc(Cl)cc1C=Nc1ccc(O)c(-c2nc3ccccc3o2)c1. The van der Waals surface area contributed by atoms with Crippen LogP contribution < -0.4 is 0 Å². The van der Waals surface area contributed by atoms with Gasteiger partial charge in [0.1, 0.15) is 17.0 Å². The Bertz CT molecular complexity index is 1100. The van der Waals surface area contributed by atoms with E-state index in [9.17, 15) is 10.2 Å². The number of hydrogen-bond donors (Lipinski definition) is 2. The summed E-state index contributed by atoms with van der Waals surface area (Å²) in [7, 11) is 0. The van der Waals surface area contributed by atoms with Gasteiger partial charge in [-0.25, -0.2) is 4.98 Å². The topological polar surface area (TPSA) is 78.9 Å². The second kappa shape index (κ2) is 6.54. The van der Waals surface area contributed by atoms with Crippen molar-refractivity contribution >= 4 is 34.6 Å². The molecule has 0 spiro atoms. The summed E-state index contributed by atoms with van der Waals surface area (Å²) in [5, 5.41) is 20.5. The molecule has 0 aliphatic heterocycles. The van der Waals surface area contributed by atoms with Gasteiger partial charge in [-0.1, -0.05) is 23.7 Å². The summed E-state index contributed by atoms with van der Waals surface area (Å²) in [5.41, 5.74) is 2.85. The monoisotopic (exact) mass is 364 g/mol. The molecule has 4 aromatic rings. The van der Waals surface area contributed by atoms with Crippen molar-refractivity contribution in [2.75, 3.05) is 0 Å². The van der Waals surface area contributed by atoms with Gasteiger partial charge in [-0.05, 0) is 48.5 Å². The van der Waals surface area contributed by atoms with Crippen LogP contribution in [-0.4, -0.2) is 21.4 Å². The Kier molecular flexibility index (Phi) is 4.07. The van der Waals surface area contributed by atoms with Crippen molar-refractivity contribution in [3.05, 3.63) is 71.2 Å². The number of aromatic nitrogens is 1. The lowest BCUT2D eigenvalue weighted by molar-refractivity contribution is 0.473. The molecule has 0 saturated heterocycles. The van der Waals surface area contributed by atoms with Crippen LogP contribution in [0.2, 0.25) is 5.02 Å². The fraction of sp³-hybridized carbons (Fsp3) is 0. The first kappa shape index (κ1) is 16.2. The van der Waals surface area contributed by atoms with Crippen LogP contribution in [0.4, 0.5) is 5.69 Å². The van der Waals surface area contributed by atoms with Gasteiger partial charge < -0.3 is 14.6 Å². The Balaban J connectivity index is 1.72. The van der Waals surface area contributed by atoms with Gasteiger partial charge in [0.15, 0.2) is 5.58 Å². The van der Waals surface area contributed by atoms with E-state index >= 15 is 0 Å². The summed E-state index contributed by atoms with van der Waals surface area (Å²) in [5.74, 6) is 0.434. The van der Waals surface area contributed by atoms with Crippen molar-refractivity contribution in [3.63, 3.8) is 0 Å². The lowest BCUT2D eigenvalue weighted by Gasteiger charge is -2.02. The molecule has 5 nitrogen and oxygen atoms in total. The smallest absolute Gasteiger partial charge is 0.231 e. The van der Waals surface area contributed by atoms with Crippen molar-refractivity contribution < 1.29 is 14.6 Å². The van der Waals surface area contributed by atoms with E-state index in [1.165, 1.54) is 18.3 Å². The summed E-state index contributed by atoms with van der Waals surface area (Å²) < 4.78 is 5.71. The predicted octanol–water partition coefficient (Wildman–Crippen LogP) is 5.31. The minimum absolute atomic E-state index is 0.0427. The third kappa shape index (κ3) is 3.12.